The number of hydrogen-bond acceptors (Lipinski definition) is 3. The van der Waals surface area contributed by atoms with Gasteiger partial charge >= 0.3 is 0 Å². The molecular formula is C19H37NO4S. The molecule has 0 rings (SSSR count). The van der Waals surface area contributed by atoms with Gasteiger partial charge in [-0.15, -0.1) is 0 Å². The van der Waals surface area contributed by atoms with Gasteiger partial charge in [-0.1, -0.05) is 71.3 Å². The fourth-order valence-corrected chi connectivity index (χ4v) is 3.62. The molecule has 0 aromatic carbocycles. The van der Waals surface area contributed by atoms with Crippen LogP contribution in [-0.4, -0.2) is 30.2 Å². The first-order chi connectivity index (χ1) is 11.7. The number of rotatable bonds is 16. The monoisotopic (exact) mass is 375 g/mol. The number of hydrogen-bond donors (Lipinski definition) is 2. The Morgan fingerprint density at radius 2 is 1.48 bits per heavy atom. The van der Waals surface area contributed by atoms with E-state index in [0.29, 0.717) is 6.42 Å². The van der Waals surface area contributed by atoms with Gasteiger partial charge in [0.05, 0.1) is 5.75 Å². The average molecular weight is 376 g/mol. The Hall–Kier alpha value is -0.880. The minimum atomic E-state index is -3.83. The highest BCUT2D eigenvalue weighted by atomic mass is 32.2. The lowest BCUT2D eigenvalue weighted by atomic mass is 9.88. The van der Waals surface area contributed by atoms with Crippen molar-refractivity contribution >= 4 is 16.0 Å². The minimum Gasteiger partial charge on any atom is -0.347 e. The van der Waals surface area contributed by atoms with Gasteiger partial charge < -0.3 is 5.32 Å². The Bertz CT molecular complexity index is 476. The molecule has 1 unspecified atom stereocenters. The normalized spacial score (nSPS) is 14.0. The molecule has 0 fully saturated rings. The van der Waals surface area contributed by atoms with Crippen molar-refractivity contribution < 1.29 is 17.8 Å². The third kappa shape index (κ3) is 15.1. The molecule has 0 heterocycles. The average Bonchev–Trinajstić information content (AvgIpc) is 2.52. The van der Waals surface area contributed by atoms with E-state index in [-0.39, 0.29) is 17.2 Å². The first-order valence-electron chi connectivity index (χ1n) is 9.62. The van der Waals surface area contributed by atoms with Crippen molar-refractivity contribution in [3.63, 3.8) is 0 Å². The minimum absolute atomic E-state index is 0.121. The van der Waals surface area contributed by atoms with Gasteiger partial charge in [-0.05, 0) is 32.3 Å². The lowest BCUT2D eigenvalue weighted by Gasteiger charge is -2.31. The van der Waals surface area contributed by atoms with E-state index in [2.05, 4.69) is 25.7 Å². The Morgan fingerprint density at radius 3 is 1.96 bits per heavy atom. The molecule has 0 saturated carbocycles. The Kier molecular flexibility index (Phi) is 12.9. The van der Waals surface area contributed by atoms with Crippen LogP contribution in [-0.2, 0) is 14.9 Å². The van der Waals surface area contributed by atoms with E-state index in [9.17, 15) is 13.2 Å². The Labute approximate surface area is 154 Å². The summed E-state index contributed by atoms with van der Waals surface area (Å²) in [7, 11) is -3.83. The van der Waals surface area contributed by atoms with Crippen LogP contribution in [0.4, 0.5) is 0 Å². The Balaban J connectivity index is 4.12. The highest BCUT2D eigenvalue weighted by molar-refractivity contribution is 7.85. The fraction of sp³-hybridized carbons (Fsp3) is 0.842. The number of nitrogens with one attached hydrogen (secondary N) is 1. The molecule has 0 aromatic heterocycles. The zero-order chi connectivity index (χ0) is 19.2. The van der Waals surface area contributed by atoms with E-state index in [1.165, 1.54) is 31.8 Å². The smallest absolute Gasteiger partial charge is 0.264 e. The molecule has 0 bridgehead atoms. The SMILES string of the molecule is C=CC(=O)NC(C)(CCCCCCC)CCCCCCCS(=O)(=O)O. The molecule has 5 nitrogen and oxygen atoms in total. The quantitative estimate of drug-likeness (QED) is 0.234. The molecule has 0 aliphatic rings. The number of unbranched alkanes of at least 4 members (excludes halogenated alkanes) is 8. The van der Waals surface area contributed by atoms with Crippen molar-refractivity contribution in [2.45, 2.75) is 96.4 Å². The van der Waals surface area contributed by atoms with E-state index in [1.807, 2.05) is 0 Å². The van der Waals surface area contributed by atoms with Crippen LogP contribution < -0.4 is 5.32 Å². The molecule has 0 spiro atoms. The lowest BCUT2D eigenvalue weighted by Crippen LogP contribution is -2.45. The molecule has 0 saturated heterocycles. The predicted octanol–water partition coefficient (Wildman–Crippen LogP) is 4.64. The summed E-state index contributed by atoms with van der Waals surface area (Å²) >= 11 is 0. The molecule has 2 N–H and O–H groups in total. The molecule has 1 amide bonds. The van der Waals surface area contributed by atoms with Crippen LogP contribution in [0.2, 0.25) is 0 Å². The molecule has 0 radical (unpaired) electrons. The van der Waals surface area contributed by atoms with Crippen molar-refractivity contribution in [3.05, 3.63) is 12.7 Å². The largest absolute Gasteiger partial charge is 0.347 e. The van der Waals surface area contributed by atoms with Crippen LogP contribution in [0, 0.1) is 0 Å². The highest BCUT2D eigenvalue weighted by Gasteiger charge is 2.24. The zero-order valence-corrected chi connectivity index (χ0v) is 16.9. The number of carbonyl (C=O) groups excluding carboxylic acids is 1. The van der Waals surface area contributed by atoms with Gasteiger partial charge in [0.25, 0.3) is 10.1 Å². The molecule has 0 aliphatic carbocycles. The van der Waals surface area contributed by atoms with Crippen LogP contribution in [0.15, 0.2) is 12.7 Å². The van der Waals surface area contributed by atoms with E-state index in [4.69, 9.17) is 4.55 Å². The van der Waals surface area contributed by atoms with E-state index >= 15 is 0 Å². The van der Waals surface area contributed by atoms with Gasteiger partial charge in [0, 0.05) is 5.54 Å². The van der Waals surface area contributed by atoms with E-state index < -0.39 is 10.1 Å². The maximum absolute atomic E-state index is 11.7. The summed E-state index contributed by atoms with van der Waals surface area (Å²) in [5, 5.41) is 3.09. The molecule has 6 heteroatoms. The second-order valence-corrected chi connectivity index (χ2v) is 8.79. The van der Waals surface area contributed by atoms with Crippen molar-refractivity contribution in [3.8, 4) is 0 Å². The zero-order valence-electron chi connectivity index (χ0n) is 16.1. The molecule has 0 aliphatic heterocycles. The van der Waals surface area contributed by atoms with Gasteiger partial charge in [0.15, 0.2) is 0 Å². The standard InChI is InChI=1S/C19H37NO4S/c1-4-6-7-9-12-15-19(3,20-18(21)5-2)16-13-10-8-11-14-17-25(22,23)24/h5H,2,4,6-17H2,1,3H3,(H,20,21)(H,22,23,24). The molecule has 25 heavy (non-hydrogen) atoms. The predicted molar refractivity (Wildman–Crippen MR) is 104 cm³/mol. The topological polar surface area (TPSA) is 83.5 Å². The van der Waals surface area contributed by atoms with Crippen LogP contribution >= 0.6 is 0 Å². The van der Waals surface area contributed by atoms with Crippen molar-refractivity contribution in [1.82, 2.24) is 5.32 Å². The number of carbonyl (C=O) groups is 1. The second kappa shape index (κ2) is 13.3. The summed E-state index contributed by atoms with van der Waals surface area (Å²) in [5.74, 6) is -0.276. The van der Waals surface area contributed by atoms with Gasteiger partial charge in [-0.2, -0.15) is 8.42 Å². The van der Waals surface area contributed by atoms with E-state index in [0.717, 1.165) is 44.9 Å². The summed E-state index contributed by atoms with van der Waals surface area (Å²) < 4.78 is 30.0. The molecule has 0 aromatic rings. The first-order valence-corrected chi connectivity index (χ1v) is 11.2. The van der Waals surface area contributed by atoms with Crippen LogP contribution in [0.1, 0.15) is 90.9 Å². The molecular weight excluding hydrogens is 338 g/mol. The maximum Gasteiger partial charge on any atom is 0.264 e. The highest BCUT2D eigenvalue weighted by Crippen LogP contribution is 2.23. The fourth-order valence-electron chi connectivity index (χ4n) is 3.05. The van der Waals surface area contributed by atoms with Gasteiger partial charge in [-0.25, -0.2) is 0 Å². The van der Waals surface area contributed by atoms with Crippen LogP contribution in [0.5, 0.6) is 0 Å². The first kappa shape index (κ1) is 24.1. The lowest BCUT2D eigenvalue weighted by molar-refractivity contribution is -0.118. The summed E-state index contributed by atoms with van der Waals surface area (Å²) in [6.45, 7) is 7.84. The summed E-state index contributed by atoms with van der Waals surface area (Å²) in [6.07, 6.45) is 13.5. The molecule has 1 atom stereocenters. The number of amides is 1. The van der Waals surface area contributed by atoms with Crippen molar-refractivity contribution in [2.75, 3.05) is 5.75 Å². The van der Waals surface area contributed by atoms with Crippen molar-refractivity contribution in [2.24, 2.45) is 0 Å². The summed E-state index contributed by atoms with van der Waals surface area (Å²) in [4.78, 5) is 11.7. The van der Waals surface area contributed by atoms with Crippen LogP contribution in [0.3, 0.4) is 0 Å². The summed E-state index contributed by atoms with van der Waals surface area (Å²) in [6, 6.07) is 0. The maximum atomic E-state index is 11.7. The van der Waals surface area contributed by atoms with E-state index in [1.54, 1.807) is 0 Å². The van der Waals surface area contributed by atoms with Gasteiger partial charge in [-0.3, -0.25) is 9.35 Å². The second-order valence-electron chi connectivity index (χ2n) is 7.22. The van der Waals surface area contributed by atoms with Crippen molar-refractivity contribution in [1.29, 1.82) is 0 Å². The van der Waals surface area contributed by atoms with Gasteiger partial charge in [0.2, 0.25) is 5.91 Å². The van der Waals surface area contributed by atoms with Gasteiger partial charge in [0.1, 0.15) is 0 Å². The Morgan fingerprint density at radius 1 is 1.00 bits per heavy atom. The molecule has 148 valence electrons. The third-order valence-corrected chi connectivity index (χ3v) is 5.38. The summed E-state index contributed by atoms with van der Waals surface area (Å²) in [5.41, 5.74) is -0.202. The van der Waals surface area contributed by atoms with Crippen LogP contribution in [0.25, 0.3) is 0 Å². The third-order valence-electron chi connectivity index (χ3n) is 4.57.